The second-order valence-electron chi connectivity index (χ2n) is 4.52. The molecule has 0 saturated heterocycles. The zero-order valence-corrected chi connectivity index (χ0v) is 11.0. The van der Waals surface area contributed by atoms with Gasteiger partial charge in [0.2, 0.25) is 0 Å². The summed E-state index contributed by atoms with van der Waals surface area (Å²) >= 11 is 0. The molecular weight excluding hydrogens is 252 g/mol. The van der Waals surface area contributed by atoms with Crippen molar-refractivity contribution in [1.82, 2.24) is 10.2 Å². The summed E-state index contributed by atoms with van der Waals surface area (Å²) in [6, 6.07) is 11.7. The second-order valence-corrected chi connectivity index (χ2v) is 4.52. The summed E-state index contributed by atoms with van der Waals surface area (Å²) in [5.41, 5.74) is 8.07. The van der Waals surface area contributed by atoms with E-state index in [0.717, 1.165) is 41.0 Å². The standard InChI is InChI=1S/C15H16N4O/c16-8-3-9-17-15-7-6-13(18-19-15)12-10-20-14-5-2-1-4-11(12)14/h1-2,4-7,10H,3,8-9,16H2,(H,17,19). The molecule has 20 heavy (non-hydrogen) atoms. The summed E-state index contributed by atoms with van der Waals surface area (Å²) in [6.45, 7) is 1.47. The number of hydrogen-bond acceptors (Lipinski definition) is 5. The highest BCUT2D eigenvalue weighted by Crippen LogP contribution is 2.28. The summed E-state index contributed by atoms with van der Waals surface area (Å²) in [4.78, 5) is 0. The summed E-state index contributed by atoms with van der Waals surface area (Å²) in [6.07, 6.45) is 2.63. The number of fused-ring (bicyclic) bond motifs is 1. The first-order valence-corrected chi connectivity index (χ1v) is 6.63. The van der Waals surface area contributed by atoms with E-state index in [1.807, 2.05) is 36.4 Å². The van der Waals surface area contributed by atoms with Gasteiger partial charge in [0.1, 0.15) is 17.7 Å². The normalized spacial score (nSPS) is 10.8. The topological polar surface area (TPSA) is 77.0 Å². The van der Waals surface area contributed by atoms with Gasteiger partial charge in [0.15, 0.2) is 0 Å². The molecular formula is C15H16N4O. The molecule has 0 atom stereocenters. The van der Waals surface area contributed by atoms with Gasteiger partial charge in [-0.05, 0) is 31.2 Å². The van der Waals surface area contributed by atoms with Crippen molar-refractivity contribution in [3.05, 3.63) is 42.7 Å². The number of aromatic nitrogens is 2. The Morgan fingerprint density at radius 2 is 2.00 bits per heavy atom. The van der Waals surface area contributed by atoms with E-state index in [4.69, 9.17) is 10.2 Å². The first-order chi connectivity index (χ1) is 9.88. The van der Waals surface area contributed by atoms with Gasteiger partial charge in [-0.1, -0.05) is 18.2 Å². The molecule has 0 fully saturated rings. The number of furan rings is 1. The van der Waals surface area contributed by atoms with E-state index in [0.29, 0.717) is 6.54 Å². The third-order valence-corrected chi connectivity index (χ3v) is 3.11. The van der Waals surface area contributed by atoms with Gasteiger partial charge in [-0.15, -0.1) is 10.2 Å². The molecule has 0 radical (unpaired) electrons. The first-order valence-electron chi connectivity index (χ1n) is 6.63. The molecule has 5 heteroatoms. The van der Waals surface area contributed by atoms with E-state index in [1.54, 1.807) is 6.26 Å². The van der Waals surface area contributed by atoms with Gasteiger partial charge in [-0.2, -0.15) is 0 Å². The predicted octanol–water partition coefficient (Wildman–Crippen LogP) is 2.65. The van der Waals surface area contributed by atoms with Crippen molar-refractivity contribution in [3.63, 3.8) is 0 Å². The molecule has 5 nitrogen and oxygen atoms in total. The van der Waals surface area contributed by atoms with Crippen molar-refractivity contribution >= 4 is 16.8 Å². The lowest BCUT2D eigenvalue weighted by Gasteiger charge is -2.04. The smallest absolute Gasteiger partial charge is 0.148 e. The van der Waals surface area contributed by atoms with Crippen molar-refractivity contribution in [1.29, 1.82) is 0 Å². The Morgan fingerprint density at radius 1 is 1.10 bits per heavy atom. The molecule has 3 rings (SSSR count). The lowest BCUT2D eigenvalue weighted by atomic mass is 10.1. The van der Waals surface area contributed by atoms with Crippen molar-refractivity contribution in [2.45, 2.75) is 6.42 Å². The Labute approximate surface area is 116 Å². The maximum absolute atomic E-state index is 5.52. The fourth-order valence-electron chi connectivity index (χ4n) is 2.06. The molecule has 0 spiro atoms. The molecule has 0 aliphatic carbocycles. The van der Waals surface area contributed by atoms with Crippen LogP contribution in [0.25, 0.3) is 22.2 Å². The average molecular weight is 268 g/mol. The maximum Gasteiger partial charge on any atom is 0.148 e. The summed E-state index contributed by atoms with van der Waals surface area (Å²) in [7, 11) is 0. The highest BCUT2D eigenvalue weighted by atomic mass is 16.3. The fourth-order valence-corrected chi connectivity index (χ4v) is 2.06. The van der Waals surface area contributed by atoms with Crippen LogP contribution in [0.2, 0.25) is 0 Å². The minimum absolute atomic E-state index is 0.666. The molecule has 2 heterocycles. The van der Waals surface area contributed by atoms with Crippen LogP contribution in [0.1, 0.15) is 6.42 Å². The Balaban J connectivity index is 1.84. The monoisotopic (exact) mass is 268 g/mol. The second kappa shape index (κ2) is 5.71. The molecule has 0 saturated carbocycles. The Kier molecular flexibility index (Phi) is 3.60. The molecule has 2 aromatic heterocycles. The molecule has 0 aliphatic rings. The van der Waals surface area contributed by atoms with Gasteiger partial charge >= 0.3 is 0 Å². The predicted molar refractivity (Wildman–Crippen MR) is 79.4 cm³/mol. The summed E-state index contributed by atoms with van der Waals surface area (Å²) in [5, 5.41) is 12.6. The zero-order valence-electron chi connectivity index (χ0n) is 11.0. The highest BCUT2D eigenvalue weighted by molar-refractivity contribution is 5.92. The molecule has 1 aromatic carbocycles. The molecule has 3 aromatic rings. The van der Waals surface area contributed by atoms with Crippen molar-refractivity contribution in [2.75, 3.05) is 18.4 Å². The number of para-hydroxylation sites is 1. The number of nitrogens with zero attached hydrogens (tertiary/aromatic N) is 2. The van der Waals surface area contributed by atoms with E-state index >= 15 is 0 Å². The highest BCUT2D eigenvalue weighted by Gasteiger charge is 2.09. The number of hydrogen-bond donors (Lipinski definition) is 2. The summed E-state index contributed by atoms with van der Waals surface area (Å²) < 4.78 is 5.52. The quantitative estimate of drug-likeness (QED) is 0.696. The van der Waals surface area contributed by atoms with E-state index < -0.39 is 0 Å². The third-order valence-electron chi connectivity index (χ3n) is 3.11. The zero-order chi connectivity index (χ0) is 13.8. The molecule has 102 valence electrons. The maximum atomic E-state index is 5.52. The van der Waals surface area contributed by atoms with E-state index in [9.17, 15) is 0 Å². The van der Waals surface area contributed by atoms with Crippen LogP contribution in [0, 0.1) is 0 Å². The van der Waals surface area contributed by atoms with Crippen LogP contribution in [-0.4, -0.2) is 23.3 Å². The van der Waals surface area contributed by atoms with Crippen LogP contribution in [0.5, 0.6) is 0 Å². The van der Waals surface area contributed by atoms with Gasteiger partial charge < -0.3 is 15.5 Å². The molecule has 0 amide bonds. The molecule has 0 unspecified atom stereocenters. The lowest BCUT2D eigenvalue weighted by Crippen LogP contribution is -2.09. The molecule has 0 bridgehead atoms. The minimum atomic E-state index is 0.666. The van der Waals surface area contributed by atoms with Crippen LogP contribution in [0.3, 0.4) is 0 Å². The van der Waals surface area contributed by atoms with Crippen LogP contribution in [0.4, 0.5) is 5.82 Å². The van der Waals surface area contributed by atoms with E-state index in [-0.39, 0.29) is 0 Å². The number of rotatable bonds is 5. The largest absolute Gasteiger partial charge is 0.464 e. The van der Waals surface area contributed by atoms with Gasteiger partial charge in [0.05, 0.1) is 5.69 Å². The molecule has 3 N–H and O–H groups in total. The van der Waals surface area contributed by atoms with E-state index in [1.165, 1.54) is 0 Å². The van der Waals surface area contributed by atoms with Crippen LogP contribution < -0.4 is 11.1 Å². The van der Waals surface area contributed by atoms with Crippen molar-refractivity contribution in [3.8, 4) is 11.3 Å². The SMILES string of the molecule is NCCCNc1ccc(-c2coc3ccccc23)nn1. The average Bonchev–Trinajstić information content (AvgIpc) is 2.92. The van der Waals surface area contributed by atoms with Crippen molar-refractivity contribution < 1.29 is 4.42 Å². The van der Waals surface area contributed by atoms with Gasteiger partial charge in [0.25, 0.3) is 0 Å². The summed E-state index contributed by atoms with van der Waals surface area (Å²) in [5.74, 6) is 0.759. The van der Waals surface area contributed by atoms with Gasteiger partial charge in [-0.3, -0.25) is 0 Å². The fraction of sp³-hybridized carbons (Fsp3) is 0.200. The van der Waals surface area contributed by atoms with Crippen molar-refractivity contribution in [2.24, 2.45) is 5.73 Å². The van der Waals surface area contributed by atoms with Gasteiger partial charge in [-0.25, -0.2) is 0 Å². The Hall–Kier alpha value is -2.40. The van der Waals surface area contributed by atoms with Crippen LogP contribution >= 0.6 is 0 Å². The van der Waals surface area contributed by atoms with E-state index in [2.05, 4.69) is 15.5 Å². The third kappa shape index (κ3) is 2.48. The molecule has 0 aliphatic heterocycles. The van der Waals surface area contributed by atoms with Gasteiger partial charge in [0, 0.05) is 17.5 Å². The number of nitrogens with two attached hydrogens (primary N) is 1. The lowest BCUT2D eigenvalue weighted by molar-refractivity contribution is 0.616. The number of nitrogens with one attached hydrogen (secondary N) is 1. The van der Waals surface area contributed by atoms with Crippen LogP contribution in [0.15, 0.2) is 47.1 Å². The number of benzene rings is 1. The Bertz CT molecular complexity index is 690. The Morgan fingerprint density at radius 3 is 2.80 bits per heavy atom. The first kappa shape index (κ1) is 12.6. The number of anilines is 1. The minimum Gasteiger partial charge on any atom is -0.464 e. The van der Waals surface area contributed by atoms with Crippen LogP contribution in [-0.2, 0) is 0 Å².